The lowest BCUT2D eigenvalue weighted by Gasteiger charge is -2.13. The van der Waals surface area contributed by atoms with Crippen LogP contribution in [0.4, 0.5) is 0 Å². The number of carbonyl (C=O) groups is 1. The van der Waals surface area contributed by atoms with Gasteiger partial charge in [0.15, 0.2) is 0 Å². The third kappa shape index (κ3) is 5.76. The molecule has 24 heavy (non-hydrogen) atoms. The predicted molar refractivity (Wildman–Crippen MR) is 103 cm³/mol. The SMILES string of the molecule is CC(C)Oc1c(Br)cc(/C=N\NC(=O)Cc2ccccc2)cc1Br. The third-order valence-corrected chi connectivity index (χ3v) is 4.16. The Labute approximate surface area is 158 Å². The molecule has 1 amide bonds. The lowest BCUT2D eigenvalue weighted by molar-refractivity contribution is -0.120. The molecule has 0 aliphatic heterocycles. The lowest BCUT2D eigenvalue weighted by atomic mass is 10.1. The van der Waals surface area contributed by atoms with Gasteiger partial charge >= 0.3 is 0 Å². The number of nitrogens with one attached hydrogen (secondary N) is 1. The van der Waals surface area contributed by atoms with E-state index in [0.29, 0.717) is 6.42 Å². The average molecular weight is 454 g/mol. The molecule has 0 aliphatic rings. The van der Waals surface area contributed by atoms with Crippen LogP contribution in [0.2, 0.25) is 0 Å². The number of hydrogen-bond donors (Lipinski definition) is 1. The fourth-order valence-corrected chi connectivity index (χ4v) is 3.41. The summed E-state index contributed by atoms with van der Waals surface area (Å²) in [6.45, 7) is 3.94. The van der Waals surface area contributed by atoms with Crippen LogP contribution in [-0.4, -0.2) is 18.2 Å². The van der Waals surface area contributed by atoms with Crippen molar-refractivity contribution in [2.75, 3.05) is 0 Å². The summed E-state index contributed by atoms with van der Waals surface area (Å²) in [6.07, 6.45) is 1.97. The highest BCUT2D eigenvalue weighted by Gasteiger charge is 2.10. The smallest absolute Gasteiger partial charge is 0.244 e. The average Bonchev–Trinajstić information content (AvgIpc) is 2.52. The summed E-state index contributed by atoms with van der Waals surface area (Å²) in [7, 11) is 0. The maximum Gasteiger partial charge on any atom is 0.244 e. The van der Waals surface area contributed by atoms with Gasteiger partial charge in [-0.05, 0) is 69.0 Å². The van der Waals surface area contributed by atoms with E-state index in [1.165, 1.54) is 0 Å². The molecule has 0 heterocycles. The second kappa shape index (κ2) is 8.99. The lowest BCUT2D eigenvalue weighted by Crippen LogP contribution is -2.19. The molecule has 1 N–H and O–H groups in total. The van der Waals surface area contributed by atoms with E-state index in [-0.39, 0.29) is 12.0 Å². The molecule has 0 atom stereocenters. The Balaban J connectivity index is 1.98. The van der Waals surface area contributed by atoms with Gasteiger partial charge in [0.1, 0.15) is 5.75 Å². The maximum absolute atomic E-state index is 11.8. The Kier molecular flexibility index (Phi) is 6.99. The first kappa shape index (κ1) is 18.7. The van der Waals surface area contributed by atoms with Crippen LogP contribution in [0.3, 0.4) is 0 Å². The first-order valence-electron chi connectivity index (χ1n) is 7.47. The first-order valence-corrected chi connectivity index (χ1v) is 9.06. The molecule has 0 radical (unpaired) electrons. The summed E-state index contributed by atoms with van der Waals surface area (Å²) < 4.78 is 7.38. The standard InChI is InChI=1S/C18H18Br2N2O2/c1-12(2)24-18-15(19)8-14(9-16(18)20)11-21-22-17(23)10-13-6-4-3-5-7-13/h3-9,11-12H,10H2,1-2H3,(H,22,23)/b21-11-. The minimum Gasteiger partial charge on any atom is -0.489 e. The Morgan fingerprint density at radius 2 is 1.83 bits per heavy atom. The van der Waals surface area contributed by atoms with Crippen LogP contribution in [0.5, 0.6) is 5.75 Å². The minimum atomic E-state index is -0.157. The van der Waals surface area contributed by atoms with Gasteiger partial charge in [0.05, 0.1) is 27.7 Å². The number of hydrogen-bond acceptors (Lipinski definition) is 3. The summed E-state index contributed by atoms with van der Waals surface area (Å²) in [5, 5.41) is 4.00. The zero-order valence-electron chi connectivity index (χ0n) is 13.4. The number of amides is 1. The Bertz CT molecular complexity index is 708. The highest BCUT2D eigenvalue weighted by molar-refractivity contribution is 9.11. The number of hydrazone groups is 1. The van der Waals surface area contributed by atoms with E-state index in [1.807, 2.05) is 56.3 Å². The fourth-order valence-electron chi connectivity index (χ4n) is 2.00. The van der Waals surface area contributed by atoms with Crippen LogP contribution in [0.25, 0.3) is 0 Å². The Morgan fingerprint density at radius 1 is 1.21 bits per heavy atom. The second-order valence-corrected chi connectivity index (χ2v) is 7.14. The summed E-state index contributed by atoms with van der Waals surface area (Å²) in [6, 6.07) is 13.3. The second-order valence-electron chi connectivity index (χ2n) is 5.44. The number of halogens is 2. The predicted octanol–water partition coefficient (Wildman–Crippen LogP) is 4.69. The normalized spacial score (nSPS) is 11.0. The van der Waals surface area contributed by atoms with Gasteiger partial charge in [-0.25, -0.2) is 5.43 Å². The van der Waals surface area contributed by atoms with Crippen LogP contribution in [0.15, 0.2) is 56.5 Å². The summed E-state index contributed by atoms with van der Waals surface area (Å²) in [4.78, 5) is 11.8. The van der Waals surface area contributed by atoms with Gasteiger partial charge in [0.25, 0.3) is 0 Å². The molecule has 6 heteroatoms. The molecule has 2 rings (SSSR count). The van der Waals surface area contributed by atoms with Gasteiger partial charge < -0.3 is 4.74 Å². The van der Waals surface area contributed by atoms with Crippen molar-refractivity contribution >= 4 is 44.0 Å². The van der Waals surface area contributed by atoms with Gasteiger partial charge in [-0.1, -0.05) is 30.3 Å². The quantitative estimate of drug-likeness (QED) is 0.509. The van der Waals surface area contributed by atoms with Gasteiger partial charge in [-0.3, -0.25) is 4.79 Å². The van der Waals surface area contributed by atoms with E-state index in [0.717, 1.165) is 25.8 Å². The van der Waals surface area contributed by atoms with E-state index >= 15 is 0 Å². The summed E-state index contributed by atoms with van der Waals surface area (Å²) in [5.74, 6) is 0.589. The highest BCUT2D eigenvalue weighted by Crippen LogP contribution is 2.35. The molecule has 0 spiro atoms. The van der Waals surface area contributed by atoms with Gasteiger partial charge in [-0.15, -0.1) is 0 Å². The van der Waals surface area contributed by atoms with E-state index < -0.39 is 0 Å². The molecule has 0 bridgehead atoms. The van der Waals surface area contributed by atoms with Crippen molar-refractivity contribution < 1.29 is 9.53 Å². The molecule has 4 nitrogen and oxygen atoms in total. The fraction of sp³-hybridized carbons (Fsp3) is 0.222. The van der Waals surface area contributed by atoms with E-state index in [4.69, 9.17) is 4.74 Å². The minimum absolute atomic E-state index is 0.0781. The largest absolute Gasteiger partial charge is 0.489 e. The summed E-state index contributed by atoms with van der Waals surface area (Å²) in [5.41, 5.74) is 4.32. The Hall–Kier alpha value is -1.66. The van der Waals surface area contributed by atoms with Crippen molar-refractivity contribution in [1.82, 2.24) is 5.43 Å². The molecular weight excluding hydrogens is 436 g/mol. The van der Waals surface area contributed by atoms with Crippen LogP contribution in [-0.2, 0) is 11.2 Å². The van der Waals surface area contributed by atoms with Crippen LogP contribution >= 0.6 is 31.9 Å². The van der Waals surface area contributed by atoms with Gasteiger partial charge in [-0.2, -0.15) is 5.10 Å². The molecule has 0 unspecified atom stereocenters. The molecule has 2 aromatic carbocycles. The van der Waals surface area contributed by atoms with E-state index in [1.54, 1.807) is 6.21 Å². The zero-order chi connectivity index (χ0) is 17.5. The molecule has 126 valence electrons. The molecule has 0 aliphatic carbocycles. The first-order chi connectivity index (χ1) is 11.5. The van der Waals surface area contributed by atoms with Crippen molar-refractivity contribution in [3.63, 3.8) is 0 Å². The summed E-state index contributed by atoms with van der Waals surface area (Å²) >= 11 is 6.98. The van der Waals surface area contributed by atoms with Crippen LogP contribution in [0.1, 0.15) is 25.0 Å². The molecule has 2 aromatic rings. The van der Waals surface area contributed by atoms with Crippen molar-refractivity contribution in [2.24, 2.45) is 5.10 Å². The third-order valence-electron chi connectivity index (χ3n) is 2.98. The van der Waals surface area contributed by atoms with Crippen LogP contribution < -0.4 is 10.2 Å². The molecule has 0 fully saturated rings. The van der Waals surface area contributed by atoms with Gasteiger partial charge in [0, 0.05) is 0 Å². The van der Waals surface area contributed by atoms with Crippen LogP contribution in [0, 0.1) is 0 Å². The number of carbonyl (C=O) groups excluding carboxylic acids is 1. The van der Waals surface area contributed by atoms with E-state index in [2.05, 4.69) is 42.4 Å². The monoisotopic (exact) mass is 452 g/mol. The number of ether oxygens (including phenoxy) is 1. The maximum atomic E-state index is 11.8. The highest BCUT2D eigenvalue weighted by atomic mass is 79.9. The molecule has 0 saturated heterocycles. The topological polar surface area (TPSA) is 50.7 Å². The zero-order valence-corrected chi connectivity index (χ0v) is 16.6. The van der Waals surface area contributed by atoms with E-state index in [9.17, 15) is 4.79 Å². The van der Waals surface area contributed by atoms with Crippen molar-refractivity contribution in [2.45, 2.75) is 26.4 Å². The Morgan fingerprint density at radius 3 is 2.42 bits per heavy atom. The van der Waals surface area contributed by atoms with Gasteiger partial charge in [0.2, 0.25) is 5.91 Å². The van der Waals surface area contributed by atoms with Crippen molar-refractivity contribution in [3.05, 3.63) is 62.5 Å². The molecular formula is C18H18Br2N2O2. The number of benzene rings is 2. The molecule has 0 aromatic heterocycles. The van der Waals surface area contributed by atoms with Crippen molar-refractivity contribution in [1.29, 1.82) is 0 Å². The van der Waals surface area contributed by atoms with Crippen molar-refractivity contribution in [3.8, 4) is 5.75 Å². The number of nitrogens with zero attached hydrogens (tertiary/aromatic N) is 1. The number of rotatable bonds is 6. The molecule has 0 saturated carbocycles.